The Labute approximate surface area is 205 Å². The van der Waals surface area contributed by atoms with Crippen molar-refractivity contribution in [3.8, 4) is 11.5 Å². The Bertz CT molecular complexity index is 1400. The Balaban J connectivity index is 1.65. The minimum absolute atomic E-state index is 0.144. The fourth-order valence-electron chi connectivity index (χ4n) is 3.26. The van der Waals surface area contributed by atoms with Gasteiger partial charge in [0.05, 0.1) is 24.2 Å². The zero-order chi connectivity index (χ0) is 25.1. The molecule has 4 rings (SSSR count). The zero-order valence-corrected chi connectivity index (χ0v) is 19.4. The van der Waals surface area contributed by atoms with Crippen LogP contribution in [0.25, 0.3) is 6.08 Å². The predicted octanol–water partition coefficient (Wildman–Crippen LogP) is 5.44. The van der Waals surface area contributed by atoms with Crippen molar-refractivity contribution in [1.29, 1.82) is 0 Å². The first-order valence-electron chi connectivity index (χ1n) is 10.3. The van der Waals surface area contributed by atoms with E-state index in [2.05, 4.69) is 15.5 Å². The van der Waals surface area contributed by atoms with Crippen molar-refractivity contribution in [1.82, 2.24) is 5.32 Å². The van der Waals surface area contributed by atoms with Gasteiger partial charge in [0.2, 0.25) is 0 Å². The van der Waals surface area contributed by atoms with Gasteiger partial charge in [-0.15, -0.1) is 0 Å². The van der Waals surface area contributed by atoms with Crippen LogP contribution in [0.3, 0.4) is 0 Å². The van der Waals surface area contributed by atoms with Gasteiger partial charge in [0.25, 0.3) is 11.8 Å². The minimum Gasteiger partial charge on any atom is -0.507 e. The Morgan fingerprint density at radius 1 is 0.971 bits per heavy atom. The Morgan fingerprint density at radius 2 is 1.63 bits per heavy atom. The molecule has 0 aliphatic carbocycles. The highest BCUT2D eigenvalue weighted by Gasteiger charge is 2.37. The third-order valence-electron chi connectivity index (χ3n) is 5.18. The summed E-state index contributed by atoms with van der Waals surface area (Å²) in [6, 6.07) is 14.9. The van der Waals surface area contributed by atoms with E-state index in [4.69, 9.17) is 16.3 Å². The zero-order valence-electron chi connectivity index (χ0n) is 18.7. The van der Waals surface area contributed by atoms with Crippen molar-refractivity contribution >= 4 is 52.6 Å². The van der Waals surface area contributed by atoms with Crippen LogP contribution >= 0.6 is 11.6 Å². The Kier molecular flexibility index (Phi) is 6.61. The quantitative estimate of drug-likeness (QED) is 0.280. The molecule has 1 saturated heterocycles. The second-order valence-corrected chi connectivity index (χ2v) is 7.94. The summed E-state index contributed by atoms with van der Waals surface area (Å²) in [6.45, 7) is 1.87. The summed E-state index contributed by atoms with van der Waals surface area (Å²) < 4.78 is 5.09. The maximum absolute atomic E-state index is 13.1. The number of hydrogen-bond donors (Lipinski definition) is 2. The lowest BCUT2D eigenvalue weighted by molar-refractivity contribution is -0.122. The number of aryl methyl sites for hydroxylation is 1. The summed E-state index contributed by atoms with van der Waals surface area (Å²) in [4.78, 5) is 38.8. The van der Waals surface area contributed by atoms with Gasteiger partial charge in [-0.3, -0.25) is 14.9 Å². The molecule has 0 spiro atoms. The van der Waals surface area contributed by atoms with Crippen molar-refractivity contribution in [3.05, 3.63) is 82.4 Å². The molecule has 1 heterocycles. The van der Waals surface area contributed by atoms with Crippen molar-refractivity contribution in [2.24, 2.45) is 10.2 Å². The SMILES string of the molecule is COc1ccc(N2C(=O)NC(=O)C(=Cc3cc(N=Nc4ccc(C)c(Cl)c4)ccc3O)C2=O)cc1. The second-order valence-electron chi connectivity index (χ2n) is 7.53. The Hall–Kier alpha value is -4.50. The van der Waals surface area contributed by atoms with E-state index >= 15 is 0 Å². The number of benzene rings is 3. The van der Waals surface area contributed by atoms with Crippen molar-refractivity contribution < 1.29 is 24.2 Å². The standard InChI is InChI=1S/C25H19ClN4O5/c1-14-3-4-17(13-21(14)26)29-28-16-5-10-22(31)15(11-16)12-20-23(32)27-25(34)30(24(20)33)18-6-8-19(35-2)9-7-18/h3-13,31H,1-2H3,(H,27,32,34). The molecule has 35 heavy (non-hydrogen) atoms. The number of rotatable bonds is 5. The summed E-state index contributed by atoms with van der Waals surface area (Å²) in [5.41, 5.74) is 1.85. The molecule has 0 saturated carbocycles. The van der Waals surface area contributed by atoms with Gasteiger partial charge in [-0.05, 0) is 73.2 Å². The molecule has 10 heteroatoms. The minimum atomic E-state index is -0.884. The third kappa shape index (κ3) is 5.04. The maximum Gasteiger partial charge on any atom is 0.335 e. The number of halogens is 1. The van der Waals surface area contributed by atoms with Gasteiger partial charge in [0.1, 0.15) is 17.1 Å². The fourth-order valence-corrected chi connectivity index (χ4v) is 3.43. The predicted molar refractivity (Wildman–Crippen MR) is 130 cm³/mol. The summed E-state index contributed by atoms with van der Waals surface area (Å²) in [5, 5.41) is 21.3. The highest BCUT2D eigenvalue weighted by molar-refractivity contribution is 6.39. The molecule has 2 N–H and O–H groups in total. The lowest BCUT2D eigenvalue weighted by atomic mass is 10.1. The van der Waals surface area contributed by atoms with Crippen molar-refractivity contribution in [3.63, 3.8) is 0 Å². The number of azo groups is 1. The smallest absolute Gasteiger partial charge is 0.335 e. The van der Waals surface area contributed by atoms with Crippen LogP contribution in [0, 0.1) is 6.92 Å². The number of imide groups is 2. The van der Waals surface area contributed by atoms with Crippen LogP contribution in [-0.2, 0) is 9.59 Å². The van der Waals surface area contributed by atoms with E-state index in [0.29, 0.717) is 22.1 Å². The third-order valence-corrected chi connectivity index (χ3v) is 5.59. The molecule has 4 amide bonds. The normalized spacial score (nSPS) is 15.1. The van der Waals surface area contributed by atoms with Gasteiger partial charge < -0.3 is 9.84 Å². The van der Waals surface area contributed by atoms with Crippen LogP contribution in [0.15, 0.2) is 76.5 Å². The van der Waals surface area contributed by atoms with E-state index in [1.807, 2.05) is 13.0 Å². The molecular formula is C25H19ClN4O5. The fraction of sp³-hybridized carbons (Fsp3) is 0.0800. The number of ether oxygens (including phenoxy) is 1. The van der Waals surface area contributed by atoms with Gasteiger partial charge in [0, 0.05) is 10.6 Å². The van der Waals surface area contributed by atoms with Gasteiger partial charge in [-0.1, -0.05) is 17.7 Å². The summed E-state index contributed by atoms with van der Waals surface area (Å²) in [6.07, 6.45) is 1.19. The molecule has 1 aliphatic rings. The molecule has 176 valence electrons. The average Bonchev–Trinajstić information content (AvgIpc) is 2.84. The molecule has 1 fully saturated rings. The number of phenols is 1. The first-order chi connectivity index (χ1) is 16.8. The maximum atomic E-state index is 13.1. The number of amides is 4. The topological polar surface area (TPSA) is 121 Å². The molecule has 0 unspecified atom stereocenters. The van der Waals surface area contributed by atoms with E-state index in [9.17, 15) is 19.5 Å². The highest BCUT2D eigenvalue weighted by atomic mass is 35.5. The number of nitrogens with zero attached hydrogens (tertiary/aromatic N) is 3. The lowest BCUT2D eigenvalue weighted by Gasteiger charge is -2.26. The molecule has 3 aromatic rings. The van der Waals surface area contributed by atoms with Crippen molar-refractivity contribution in [2.75, 3.05) is 12.0 Å². The first-order valence-corrected chi connectivity index (χ1v) is 10.7. The Morgan fingerprint density at radius 3 is 2.29 bits per heavy atom. The van der Waals surface area contributed by atoms with Crippen LogP contribution in [0.2, 0.25) is 5.02 Å². The highest BCUT2D eigenvalue weighted by Crippen LogP contribution is 2.30. The van der Waals surface area contributed by atoms with Gasteiger partial charge in [-0.2, -0.15) is 10.2 Å². The van der Waals surface area contributed by atoms with Crippen LogP contribution in [0.5, 0.6) is 11.5 Å². The number of methoxy groups -OCH3 is 1. The molecule has 3 aromatic carbocycles. The van der Waals surface area contributed by atoms with E-state index in [1.54, 1.807) is 24.3 Å². The number of barbiturate groups is 1. The number of nitrogens with one attached hydrogen (secondary N) is 1. The lowest BCUT2D eigenvalue weighted by Crippen LogP contribution is -2.54. The summed E-state index contributed by atoms with van der Waals surface area (Å²) in [5.74, 6) is -1.38. The molecule has 0 aromatic heterocycles. The van der Waals surface area contributed by atoms with Crippen LogP contribution in [-0.4, -0.2) is 30.1 Å². The monoisotopic (exact) mass is 490 g/mol. The summed E-state index contributed by atoms with van der Waals surface area (Å²) in [7, 11) is 1.49. The molecule has 1 aliphatic heterocycles. The van der Waals surface area contributed by atoms with Crippen LogP contribution < -0.4 is 15.0 Å². The van der Waals surface area contributed by atoms with E-state index in [1.165, 1.54) is 43.5 Å². The molecule has 0 radical (unpaired) electrons. The number of anilines is 1. The van der Waals surface area contributed by atoms with Gasteiger partial charge in [-0.25, -0.2) is 9.69 Å². The van der Waals surface area contributed by atoms with E-state index in [0.717, 1.165) is 10.5 Å². The molecule has 0 atom stereocenters. The molecular weight excluding hydrogens is 472 g/mol. The van der Waals surface area contributed by atoms with Crippen molar-refractivity contribution in [2.45, 2.75) is 6.92 Å². The molecule has 9 nitrogen and oxygen atoms in total. The summed E-state index contributed by atoms with van der Waals surface area (Å²) >= 11 is 6.11. The second kappa shape index (κ2) is 9.78. The number of carbonyl (C=O) groups is 3. The van der Waals surface area contributed by atoms with E-state index < -0.39 is 17.8 Å². The van der Waals surface area contributed by atoms with E-state index in [-0.39, 0.29) is 22.6 Å². The number of phenolic OH excluding ortho intramolecular Hbond substituents is 1. The van der Waals surface area contributed by atoms with Crippen LogP contribution in [0.1, 0.15) is 11.1 Å². The van der Waals surface area contributed by atoms with Crippen LogP contribution in [0.4, 0.5) is 21.9 Å². The number of hydrogen-bond acceptors (Lipinski definition) is 7. The largest absolute Gasteiger partial charge is 0.507 e. The average molecular weight is 491 g/mol. The number of urea groups is 1. The number of aromatic hydroxyl groups is 1. The van der Waals surface area contributed by atoms with Gasteiger partial charge in [0.15, 0.2) is 0 Å². The molecule has 0 bridgehead atoms. The van der Waals surface area contributed by atoms with Gasteiger partial charge >= 0.3 is 6.03 Å². The number of carbonyl (C=O) groups excluding carboxylic acids is 3. The first kappa shape index (κ1) is 23.7.